The van der Waals surface area contributed by atoms with Gasteiger partial charge in [0.2, 0.25) is 0 Å². The van der Waals surface area contributed by atoms with Crippen LogP contribution in [0.4, 0.5) is 0 Å². The van der Waals surface area contributed by atoms with Crippen molar-refractivity contribution in [1.82, 2.24) is 5.32 Å². The fourth-order valence-electron chi connectivity index (χ4n) is 2.14. The molecule has 1 atom stereocenters. The quantitative estimate of drug-likeness (QED) is 0.752. The maximum Gasteiger partial charge on any atom is 0.258 e. The van der Waals surface area contributed by atoms with Crippen LogP contribution < -0.4 is 10.1 Å². The number of amides is 1. The molecule has 1 N–H and O–H groups in total. The number of ether oxygens (including phenoxy) is 1. The average Bonchev–Trinajstić information content (AvgIpc) is 2.54. The van der Waals surface area contributed by atoms with E-state index in [4.69, 9.17) is 16.3 Å². The number of hydrogen-bond donors (Lipinski definition) is 1. The average molecular weight is 397 g/mol. The maximum absolute atomic E-state index is 12.0. The largest absolute Gasteiger partial charge is 0.483 e. The van der Waals surface area contributed by atoms with Gasteiger partial charge >= 0.3 is 0 Å². The molecule has 1 unspecified atom stereocenters. The highest BCUT2D eigenvalue weighted by atomic mass is 79.9. The minimum absolute atomic E-state index is 0.0440. The summed E-state index contributed by atoms with van der Waals surface area (Å²) in [7, 11) is 0. The Kier molecular flexibility index (Phi) is 6.48. The van der Waals surface area contributed by atoms with Crippen molar-refractivity contribution in [3.8, 4) is 5.75 Å². The monoisotopic (exact) mass is 395 g/mol. The fraction of sp³-hybridized carbons (Fsp3) is 0.278. The van der Waals surface area contributed by atoms with Crippen LogP contribution in [0.3, 0.4) is 0 Å². The first-order chi connectivity index (χ1) is 11.0. The Morgan fingerprint density at radius 1 is 1.26 bits per heavy atom. The van der Waals surface area contributed by atoms with Gasteiger partial charge in [0.25, 0.3) is 5.91 Å². The van der Waals surface area contributed by atoms with E-state index in [0.29, 0.717) is 10.8 Å². The zero-order valence-corrected chi connectivity index (χ0v) is 15.4. The molecule has 2 aromatic rings. The molecule has 2 aromatic carbocycles. The van der Waals surface area contributed by atoms with E-state index in [2.05, 4.69) is 40.3 Å². The van der Waals surface area contributed by atoms with Crippen molar-refractivity contribution in [3.63, 3.8) is 0 Å². The van der Waals surface area contributed by atoms with Crippen molar-refractivity contribution >= 4 is 33.4 Å². The molecule has 0 saturated heterocycles. The van der Waals surface area contributed by atoms with E-state index in [9.17, 15) is 4.79 Å². The third-order valence-corrected chi connectivity index (χ3v) is 4.37. The molecule has 23 heavy (non-hydrogen) atoms. The molecule has 0 radical (unpaired) electrons. The second-order valence-corrected chi connectivity index (χ2v) is 6.54. The van der Waals surface area contributed by atoms with E-state index in [0.717, 1.165) is 16.5 Å². The Labute approximate surface area is 150 Å². The predicted octanol–water partition coefficient (Wildman–Crippen LogP) is 4.92. The van der Waals surface area contributed by atoms with E-state index in [-0.39, 0.29) is 18.6 Å². The molecule has 0 heterocycles. The summed E-state index contributed by atoms with van der Waals surface area (Å²) in [6.07, 6.45) is 1.00. The molecule has 5 heteroatoms. The van der Waals surface area contributed by atoms with Crippen LogP contribution in [0.5, 0.6) is 5.75 Å². The molecule has 2 rings (SSSR count). The van der Waals surface area contributed by atoms with E-state index < -0.39 is 0 Å². The van der Waals surface area contributed by atoms with Crippen LogP contribution in [0.1, 0.15) is 31.0 Å². The Morgan fingerprint density at radius 3 is 2.57 bits per heavy atom. The Morgan fingerprint density at radius 2 is 1.96 bits per heavy atom. The van der Waals surface area contributed by atoms with E-state index >= 15 is 0 Å². The first kappa shape index (κ1) is 17.8. The summed E-state index contributed by atoms with van der Waals surface area (Å²) in [5, 5.41) is 3.54. The lowest BCUT2D eigenvalue weighted by atomic mass is 10.1. The Bertz CT molecular complexity index is 673. The van der Waals surface area contributed by atoms with Gasteiger partial charge in [-0.05, 0) is 58.6 Å². The number of aryl methyl sites for hydroxylation is 1. The summed E-state index contributed by atoms with van der Waals surface area (Å²) >= 11 is 9.23. The third-order valence-electron chi connectivity index (χ3n) is 3.52. The summed E-state index contributed by atoms with van der Waals surface area (Å²) < 4.78 is 6.23. The van der Waals surface area contributed by atoms with Crippen LogP contribution >= 0.6 is 27.5 Å². The number of benzene rings is 2. The molecule has 3 nitrogen and oxygen atoms in total. The lowest BCUT2D eigenvalue weighted by molar-refractivity contribution is -0.123. The van der Waals surface area contributed by atoms with Gasteiger partial charge in [0.1, 0.15) is 5.75 Å². The first-order valence-electron chi connectivity index (χ1n) is 7.45. The minimum atomic E-state index is -0.168. The molecule has 1 amide bonds. The molecule has 0 aromatic heterocycles. The highest BCUT2D eigenvalue weighted by molar-refractivity contribution is 9.10. The molecule has 122 valence electrons. The Hall–Kier alpha value is -1.52. The second kappa shape index (κ2) is 8.37. The summed E-state index contributed by atoms with van der Waals surface area (Å²) in [6, 6.07) is 13.4. The number of nitrogens with one attached hydrogen (secondary N) is 1. The third kappa shape index (κ3) is 5.26. The molecule has 0 saturated carbocycles. The highest BCUT2D eigenvalue weighted by Crippen LogP contribution is 2.27. The lowest BCUT2D eigenvalue weighted by Gasteiger charge is -2.15. The molecular weight excluding hydrogens is 378 g/mol. The normalized spacial score (nSPS) is 11.8. The highest BCUT2D eigenvalue weighted by Gasteiger charge is 2.11. The maximum atomic E-state index is 12.0. The van der Waals surface area contributed by atoms with Crippen LogP contribution in [-0.4, -0.2) is 12.5 Å². The van der Waals surface area contributed by atoms with Crippen LogP contribution in [0.2, 0.25) is 5.02 Å². The minimum Gasteiger partial charge on any atom is -0.483 e. The fourth-order valence-corrected chi connectivity index (χ4v) is 2.94. The van der Waals surface area contributed by atoms with Gasteiger partial charge in [-0.1, -0.05) is 42.8 Å². The standard InChI is InChI=1S/C18H19BrClNO2/c1-3-13-4-6-14(7-5-13)12(2)21-18(22)11-23-17-9-8-15(20)10-16(17)19/h4-10,12H,3,11H2,1-2H3,(H,21,22). The predicted molar refractivity (Wildman–Crippen MR) is 97.0 cm³/mol. The topological polar surface area (TPSA) is 38.3 Å². The van der Waals surface area contributed by atoms with Crippen molar-refractivity contribution in [1.29, 1.82) is 0 Å². The summed E-state index contributed by atoms with van der Waals surface area (Å²) in [6.45, 7) is 4.03. The molecule has 0 fully saturated rings. The van der Waals surface area contributed by atoms with Crippen LogP contribution in [0.15, 0.2) is 46.9 Å². The number of carbonyl (C=O) groups excluding carboxylic acids is 1. The molecule has 0 aliphatic heterocycles. The van der Waals surface area contributed by atoms with Gasteiger partial charge in [-0.2, -0.15) is 0 Å². The summed E-state index contributed by atoms with van der Waals surface area (Å²) in [4.78, 5) is 12.0. The van der Waals surface area contributed by atoms with Crippen molar-refractivity contribution in [2.45, 2.75) is 26.3 Å². The number of hydrogen-bond acceptors (Lipinski definition) is 2. The van der Waals surface area contributed by atoms with Crippen molar-refractivity contribution in [2.24, 2.45) is 0 Å². The zero-order chi connectivity index (χ0) is 16.8. The van der Waals surface area contributed by atoms with Gasteiger partial charge < -0.3 is 10.1 Å². The SMILES string of the molecule is CCc1ccc(C(C)NC(=O)COc2ccc(Cl)cc2Br)cc1. The van der Waals surface area contributed by atoms with Crippen LogP contribution in [0.25, 0.3) is 0 Å². The molecule has 0 aliphatic rings. The van der Waals surface area contributed by atoms with E-state index in [1.165, 1.54) is 5.56 Å². The molecule has 0 bridgehead atoms. The summed E-state index contributed by atoms with van der Waals surface area (Å²) in [5.41, 5.74) is 2.35. The zero-order valence-electron chi connectivity index (χ0n) is 13.1. The molecule has 0 aliphatic carbocycles. The van der Waals surface area contributed by atoms with Crippen molar-refractivity contribution in [3.05, 3.63) is 63.1 Å². The van der Waals surface area contributed by atoms with Crippen molar-refractivity contribution < 1.29 is 9.53 Å². The second-order valence-electron chi connectivity index (χ2n) is 5.25. The van der Waals surface area contributed by atoms with Gasteiger partial charge in [-0.25, -0.2) is 0 Å². The summed E-state index contributed by atoms with van der Waals surface area (Å²) in [5.74, 6) is 0.420. The van der Waals surface area contributed by atoms with Gasteiger partial charge in [-0.15, -0.1) is 0 Å². The van der Waals surface area contributed by atoms with E-state index in [1.807, 2.05) is 19.1 Å². The Balaban J connectivity index is 1.88. The first-order valence-corrected chi connectivity index (χ1v) is 8.62. The van der Waals surface area contributed by atoms with Gasteiger partial charge in [0, 0.05) is 5.02 Å². The van der Waals surface area contributed by atoms with E-state index in [1.54, 1.807) is 18.2 Å². The lowest BCUT2D eigenvalue weighted by Crippen LogP contribution is -2.31. The van der Waals surface area contributed by atoms with Crippen molar-refractivity contribution in [2.75, 3.05) is 6.61 Å². The van der Waals surface area contributed by atoms with Gasteiger partial charge in [0.05, 0.1) is 10.5 Å². The van der Waals surface area contributed by atoms with Crippen LogP contribution in [-0.2, 0) is 11.2 Å². The number of carbonyl (C=O) groups is 1. The van der Waals surface area contributed by atoms with Gasteiger partial charge in [0.15, 0.2) is 6.61 Å². The molecular formula is C18H19BrClNO2. The number of rotatable bonds is 6. The van der Waals surface area contributed by atoms with Crippen LogP contribution in [0, 0.1) is 0 Å². The molecule has 0 spiro atoms. The number of halogens is 2. The van der Waals surface area contributed by atoms with Gasteiger partial charge in [-0.3, -0.25) is 4.79 Å². The smallest absolute Gasteiger partial charge is 0.258 e.